The van der Waals surface area contributed by atoms with E-state index in [1.54, 1.807) is 33.8 Å². The molecule has 1 aromatic carbocycles. The molecule has 3 unspecified atom stereocenters. The van der Waals surface area contributed by atoms with Crippen molar-refractivity contribution in [3.05, 3.63) is 47.1 Å². The molecule has 2 N–H and O–H groups in total. The van der Waals surface area contributed by atoms with Crippen molar-refractivity contribution in [2.45, 2.75) is 59.5 Å². The molecule has 6 atom stereocenters. The molecule has 0 radical (unpaired) electrons. The molecule has 0 amide bonds. The van der Waals surface area contributed by atoms with E-state index in [0.29, 0.717) is 5.56 Å². The highest BCUT2D eigenvalue weighted by molar-refractivity contribution is 6.32. The molecule has 1 aromatic rings. The number of phenols is 1. The monoisotopic (exact) mass is 504 g/mol. The van der Waals surface area contributed by atoms with Crippen LogP contribution >= 0.6 is 0 Å². The second-order valence-corrected chi connectivity index (χ2v) is 12.1. The predicted octanol–water partition coefficient (Wildman–Crippen LogP) is 3.44. The van der Waals surface area contributed by atoms with Crippen LogP contribution in [0, 0.1) is 34.5 Å². The molecule has 0 bridgehead atoms. The lowest BCUT2D eigenvalue weighted by atomic mass is 9.40. The van der Waals surface area contributed by atoms with Crippen LogP contribution in [0.4, 0.5) is 0 Å². The van der Waals surface area contributed by atoms with Gasteiger partial charge < -0.3 is 10.2 Å². The number of phenolic OH excluding ortho intramolecular Hbond substituents is 1. The van der Waals surface area contributed by atoms with Crippen LogP contribution in [0.25, 0.3) is 5.57 Å². The Kier molecular flexibility index (Phi) is 5.44. The summed E-state index contributed by atoms with van der Waals surface area (Å²) < 4.78 is 0. The van der Waals surface area contributed by atoms with Crippen LogP contribution < -0.4 is 0 Å². The first kappa shape index (κ1) is 25.5. The maximum absolute atomic E-state index is 14.2. The maximum Gasteiger partial charge on any atom is 0.190 e. The van der Waals surface area contributed by atoms with Gasteiger partial charge in [0.2, 0.25) is 0 Å². The van der Waals surface area contributed by atoms with E-state index in [2.05, 4.69) is 0 Å². The van der Waals surface area contributed by atoms with Crippen LogP contribution in [-0.4, -0.2) is 44.7 Å². The van der Waals surface area contributed by atoms with Crippen molar-refractivity contribution in [1.82, 2.24) is 0 Å². The van der Waals surface area contributed by atoms with Gasteiger partial charge in [-0.3, -0.25) is 24.0 Å². The Morgan fingerprint density at radius 1 is 1.08 bits per heavy atom. The van der Waals surface area contributed by atoms with E-state index in [1.165, 1.54) is 6.07 Å². The summed E-state index contributed by atoms with van der Waals surface area (Å²) in [6.45, 7) is 8.02. The molecule has 4 aliphatic carbocycles. The molecule has 194 valence electrons. The van der Waals surface area contributed by atoms with Gasteiger partial charge in [0, 0.05) is 11.3 Å². The summed E-state index contributed by atoms with van der Waals surface area (Å²) in [7, 11) is 0. The number of carbonyl (C=O) groups excluding carboxylic acids is 5. The highest BCUT2D eigenvalue weighted by Gasteiger charge is 2.76. The Hall–Kier alpha value is -3.19. The maximum atomic E-state index is 14.2. The van der Waals surface area contributed by atoms with Gasteiger partial charge in [-0.05, 0) is 60.3 Å². The third-order valence-corrected chi connectivity index (χ3v) is 9.35. The third-order valence-electron chi connectivity index (χ3n) is 9.35. The number of ketones is 5. The molecule has 0 saturated heterocycles. The van der Waals surface area contributed by atoms with E-state index in [4.69, 9.17) is 0 Å². The summed E-state index contributed by atoms with van der Waals surface area (Å²) in [5.41, 5.74) is -2.84. The average Bonchev–Trinajstić information content (AvgIpc) is 3.30. The number of benzene rings is 1. The number of Topliss-reactive ketones (excluding diaryl/α,β-unsaturated/α-hetero) is 5. The normalized spacial score (nSPS) is 36.8. The van der Waals surface area contributed by atoms with Gasteiger partial charge in [-0.1, -0.05) is 52.0 Å². The summed E-state index contributed by atoms with van der Waals surface area (Å²) in [6, 6.07) is 3.19. The summed E-state index contributed by atoms with van der Waals surface area (Å²) in [4.78, 5) is 67.9. The number of aliphatic hydroxyl groups is 1. The molecule has 4 aliphatic rings. The second-order valence-electron chi connectivity index (χ2n) is 12.1. The number of hydrogen-bond acceptors (Lipinski definition) is 7. The quantitative estimate of drug-likeness (QED) is 0.604. The van der Waals surface area contributed by atoms with Gasteiger partial charge in [0.25, 0.3) is 0 Å². The molecular weight excluding hydrogens is 472 g/mol. The van der Waals surface area contributed by atoms with Crippen molar-refractivity contribution in [2.24, 2.45) is 34.5 Å². The number of fused-ring (bicyclic) bond motifs is 3. The molecule has 37 heavy (non-hydrogen) atoms. The van der Waals surface area contributed by atoms with Gasteiger partial charge in [-0.25, -0.2) is 0 Å². The lowest BCUT2D eigenvalue weighted by molar-refractivity contribution is -0.205. The van der Waals surface area contributed by atoms with E-state index in [1.807, 2.05) is 18.2 Å². The topological polar surface area (TPSA) is 126 Å². The Morgan fingerprint density at radius 2 is 1.76 bits per heavy atom. The average molecular weight is 505 g/mol. The number of aromatic hydroxyl groups is 1. The highest BCUT2D eigenvalue weighted by Crippen LogP contribution is 2.64. The van der Waals surface area contributed by atoms with E-state index in [9.17, 15) is 34.2 Å². The van der Waals surface area contributed by atoms with Gasteiger partial charge in [0.05, 0.1) is 11.5 Å². The van der Waals surface area contributed by atoms with Crippen molar-refractivity contribution in [1.29, 1.82) is 0 Å². The minimum absolute atomic E-state index is 0.0320. The first-order chi connectivity index (χ1) is 17.2. The Bertz CT molecular complexity index is 1360. The molecule has 7 heteroatoms. The third kappa shape index (κ3) is 3.06. The highest BCUT2D eigenvalue weighted by atomic mass is 16.3. The van der Waals surface area contributed by atoms with Crippen molar-refractivity contribution < 1.29 is 34.2 Å². The van der Waals surface area contributed by atoms with Gasteiger partial charge in [0.1, 0.15) is 17.5 Å². The fourth-order valence-electron chi connectivity index (χ4n) is 8.06. The van der Waals surface area contributed by atoms with Crippen LogP contribution in [-0.2, 0) is 25.6 Å². The lowest BCUT2D eigenvalue weighted by Gasteiger charge is -2.61. The van der Waals surface area contributed by atoms with Gasteiger partial charge in [-0.15, -0.1) is 0 Å². The molecular formula is C30H32O7. The Morgan fingerprint density at radius 3 is 2.32 bits per heavy atom. The summed E-state index contributed by atoms with van der Waals surface area (Å²) in [5.74, 6) is -8.75. The number of allylic oxidation sites excluding steroid dienone is 4. The fraction of sp³-hybridized carbons (Fsp3) is 0.500. The minimum atomic E-state index is -2.67. The van der Waals surface area contributed by atoms with Crippen LogP contribution in [0.3, 0.4) is 0 Å². The standard InChI is InChI=1S/C30H32O7/c1-14(2)22-24(33)20(15(3)31)26(35)30(37)27(36)23-25(34)21-18(12-28(23,4)13-29(22,30)5)17(10-11-19(21)32)16-8-6-7-9-16/h6,8-11,14,20,22-23,32,37H,7,12-13H2,1-5H3/t20?,22?,23?,28-,29-,30+/m1/s1. The zero-order chi connectivity index (χ0) is 27.2. The van der Waals surface area contributed by atoms with Gasteiger partial charge >= 0.3 is 0 Å². The smallest absolute Gasteiger partial charge is 0.190 e. The summed E-state index contributed by atoms with van der Waals surface area (Å²) in [6.07, 6.45) is 7.01. The van der Waals surface area contributed by atoms with E-state index >= 15 is 0 Å². The zero-order valence-electron chi connectivity index (χ0n) is 21.8. The molecule has 0 aliphatic heterocycles. The lowest BCUT2D eigenvalue weighted by Crippen LogP contribution is -2.76. The fourth-order valence-corrected chi connectivity index (χ4v) is 8.06. The van der Waals surface area contributed by atoms with Crippen molar-refractivity contribution in [2.75, 3.05) is 0 Å². The van der Waals surface area contributed by atoms with Crippen molar-refractivity contribution in [3.63, 3.8) is 0 Å². The van der Waals surface area contributed by atoms with Crippen LogP contribution in [0.15, 0.2) is 30.4 Å². The molecule has 7 nitrogen and oxygen atoms in total. The predicted molar refractivity (Wildman–Crippen MR) is 135 cm³/mol. The zero-order valence-corrected chi connectivity index (χ0v) is 21.8. The molecule has 2 fully saturated rings. The van der Waals surface area contributed by atoms with Crippen LogP contribution in [0.1, 0.15) is 68.9 Å². The Labute approximate surface area is 215 Å². The minimum Gasteiger partial charge on any atom is -0.507 e. The first-order valence-electron chi connectivity index (χ1n) is 12.8. The number of carbonyl (C=O) groups is 5. The molecule has 5 rings (SSSR count). The molecule has 0 heterocycles. The van der Waals surface area contributed by atoms with Crippen LogP contribution in [0.2, 0.25) is 0 Å². The van der Waals surface area contributed by atoms with Crippen molar-refractivity contribution >= 4 is 34.5 Å². The molecule has 0 aromatic heterocycles. The van der Waals surface area contributed by atoms with Gasteiger partial charge in [-0.2, -0.15) is 0 Å². The second kappa shape index (κ2) is 7.90. The largest absolute Gasteiger partial charge is 0.507 e. The summed E-state index contributed by atoms with van der Waals surface area (Å²) in [5, 5.41) is 22.8. The summed E-state index contributed by atoms with van der Waals surface area (Å²) >= 11 is 0. The van der Waals surface area contributed by atoms with Crippen LogP contribution in [0.5, 0.6) is 5.75 Å². The molecule has 2 saturated carbocycles. The number of rotatable bonds is 3. The van der Waals surface area contributed by atoms with Gasteiger partial charge in [0.15, 0.2) is 28.7 Å². The van der Waals surface area contributed by atoms with E-state index < -0.39 is 63.1 Å². The van der Waals surface area contributed by atoms with E-state index in [-0.39, 0.29) is 30.1 Å². The van der Waals surface area contributed by atoms with Crippen molar-refractivity contribution in [3.8, 4) is 5.75 Å². The SMILES string of the molecule is CC(=O)C1C(=O)C(C(C)C)[C@@]2(C)C[C@@]3(C)Cc4c(C5=CCC=C5)ccc(O)c4C(=O)C3C(=O)[C@@]2(O)C1=O. The van der Waals surface area contributed by atoms with E-state index in [0.717, 1.165) is 24.5 Å². The Balaban J connectivity index is 1.75. The first-order valence-corrected chi connectivity index (χ1v) is 12.8. The molecule has 0 spiro atoms. The number of hydrogen-bond donors (Lipinski definition) is 2.